The van der Waals surface area contributed by atoms with Gasteiger partial charge in [0.15, 0.2) is 0 Å². The van der Waals surface area contributed by atoms with E-state index in [-0.39, 0.29) is 0 Å². The van der Waals surface area contributed by atoms with Crippen molar-refractivity contribution >= 4 is 0 Å². The van der Waals surface area contributed by atoms with Gasteiger partial charge in [-0.05, 0) is 31.5 Å². The minimum atomic E-state index is 0.560. The first-order valence-electron chi connectivity index (χ1n) is 4.86. The van der Waals surface area contributed by atoms with E-state index in [9.17, 15) is 0 Å². The highest BCUT2D eigenvalue weighted by molar-refractivity contribution is 4.99. The molecule has 0 aromatic carbocycles. The zero-order valence-electron chi connectivity index (χ0n) is 7.78. The summed E-state index contributed by atoms with van der Waals surface area (Å²) in [4.78, 5) is 2.40. The second-order valence-electron chi connectivity index (χ2n) is 3.58. The fourth-order valence-electron chi connectivity index (χ4n) is 1.97. The lowest BCUT2D eigenvalue weighted by Crippen LogP contribution is -2.34. The summed E-state index contributed by atoms with van der Waals surface area (Å²) in [7, 11) is 0. The Labute approximate surface area is 78.5 Å². The molecule has 2 N–H and O–H groups in total. The molecule has 0 aliphatic carbocycles. The Hall–Kier alpha value is -0.800. The van der Waals surface area contributed by atoms with Crippen LogP contribution in [0.5, 0.6) is 0 Å². The third-order valence-corrected chi connectivity index (χ3v) is 2.71. The van der Waals surface area contributed by atoms with E-state index in [1.165, 1.54) is 12.8 Å². The second-order valence-corrected chi connectivity index (χ2v) is 3.58. The molecule has 0 saturated carbocycles. The van der Waals surface area contributed by atoms with E-state index in [1.54, 1.807) is 6.26 Å². The maximum Gasteiger partial charge on any atom is 0.117 e. The van der Waals surface area contributed by atoms with Gasteiger partial charge in [0, 0.05) is 12.6 Å². The van der Waals surface area contributed by atoms with Crippen LogP contribution in [0.2, 0.25) is 0 Å². The fraction of sp³-hybridized carbons (Fsp3) is 0.600. The zero-order chi connectivity index (χ0) is 9.10. The molecule has 1 aliphatic heterocycles. The predicted molar refractivity (Wildman–Crippen MR) is 51.2 cm³/mol. The molecular weight excluding hydrogens is 164 g/mol. The van der Waals surface area contributed by atoms with Crippen LogP contribution in [0, 0.1) is 0 Å². The van der Waals surface area contributed by atoms with Crippen molar-refractivity contribution in [3.05, 3.63) is 24.2 Å². The van der Waals surface area contributed by atoms with Crippen LogP contribution in [0.1, 0.15) is 18.6 Å². The normalized spacial score (nSPS) is 23.9. The minimum absolute atomic E-state index is 0.560. The summed E-state index contributed by atoms with van der Waals surface area (Å²) in [6.07, 6.45) is 4.22. The van der Waals surface area contributed by atoms with Crippen LogP contribution in [0.25, 0.3) is 0 Å². The summed E-state index contributed by atoms with van der Waals surface area (Å²) in [5.41, 5.74) is 5.68. The topological polar surface area (TPSA) is 42.4 Å². The SMILES string of the molecule is NC[C@H]1CCCN1Cc1ccco1. The molecule has 1 fully saturated rings. The highest BCUT2D eigenvalue weighted by Gasteiger charge is 2.23. The van der Waals surface area contributed by atoms with Gasteiger partial charge >= 0.3 is 0 Å². The number of hydrogen-bond donors (Lipinski definition) is 1. The summed E-state index contributed by atoms with van der Waals surface area (Å²) in [6, 6.07) is 4.51. The Morgan fingerprint density at radius 3 is 3.23 bits per heavy atom. The Balaban J connectivity index is 1.94. The Bertz CT molecular complexity index is 245. The molecule has 3 nitrogen and oxygen atoms in total. The smallest absolute Gasteiger partial charge is 0.117 e. The van der Waals surface area contributed by atoms with Crippen LogP contribution in [0.4, 0.5) is 0 Å². The van der Waals surface area contributed by atoms with E-state index < -0.39 is 0 Å². The lowest BCUT2D eigenvalue weighted by atomic mass is 10.2. The Kier molecular flexibility index (Phi) is 2.66. The van der Waals surface area contributed by atoms with Crippen molar-refractivity contribution in [3.8, 4) is 0 Å². The van der Waals surface area contributed by atoms with Gasteiger partial charge < -0.3 is 10.2 Å². The summed E-state index contributed by atoms with van der Waals surface area (Å²) in [5.74, 6) is 1.04. The maximum absolute atomic E-state index is 5.68. The number of nitrogens with zero attached hydrogens (tertiary/aromatic N) is 1. The highest BCUT2D eigenvalue weighted by atomic mass is 16.3. The zero-order valence-corrected chi connectivity index (χ0v) is 7.78. The first-order valence-corrected chi connectivity index (χ1v) is 4.86. The molecule has 2 heterocycles. The third kappa shape index (κ3) is 1.92. The predicted octanol–water partition coefficient (Wildman–Crippen LogP) is 1.20. The second kappa shape index (κ2) is 3.94. The molecule has 72 valence electrons. The van der Waals surface area contributed by atoms with Gasteiger partial charge in [-0.2, -0.15) is 0 Å². The van der Waals surface area contributed by atoms with Crippen molar-refractivity contribution in [2.75, 3.05) is 13.1 Å². The molecule has 2 rings (SSSR count). The molecule has 0 amide bonds. The highest BCUT2D eigenvalue weighted by Crippen LogP contribution is 2.18. The summed E-state index contributed by atoms with van der Waals surface area (Å²) in [6.45, 7) is 2.83. The van der Waals surface area contributed by atoms with Crippen LogP contribution < -0.4 is 5.73 Å². The number of likely N-dealkylation sites (tertiary alicyclic amines) is 1. The van der Waals surface area contributed by atoms with Crippen LogP contribution in [-0.2, 0) is 6.54 Å². The maximum atomic E-state index is 5.68. The van der Waals surface area contributed by atoms with Crippen molar-refractivity contribution < 1.29 is 4.42 Å². The number of furan rings is 1. The molecule has 0 spiro atoms. The monoisotopic (exact) mass is 180 g/mol. The van der Waals surface area contributed by atoms with Crippen molar-refractivity contribution in [1.29, 1.82) is 0 Å². The largest absolute Gasteiger partial charge is 0.468 e. The average Bonchev–Trinajstić information content (AvgIpc) is 2.76. The number of rotatable bonds is 3. The lowest BCUT2D eigenvalue weighted by molar-refractivity contribution is 0.230. The molecule has 3 heteroatoms. The fourth-order valence-corrected chi connectivity index (χ4v) is 1.97. The standard InChI is InChI=1S/C10H16N2O/c11-7-9-3-1-5-12(9)8-10-4-2-6-13-10/h2,4,6,9H,1,3,5,7-8,11H2/t9-/m1/s1. The van der Waals surface area contributed by atoms with Gasteiger partial charge in [-0.15, -0.1) is 0 Å². The lowest BCUT2D eigenvalue weighted by Gasteiger charge is -2.21. The number of hydrogen-bond acceptors (Lipinski definition) is 3. The van der Waals surface area contributed by atoms with Gasteiger partial charge in [0.25, 0.3) is 0 Å². The Morgan fingerprint density at radius 2 is 2.54 bits per heavy atom. The average molecular weight is 180 g/mol. The first kappa shape index (κ1) is 8.78. The van der Waals surface area contributed by atoms with Crippen molar-refractivity contribution in [2.24, 2.45) is 5.73 Å². The van der Waals surface area contributed by atoms with Crippen LogP contribution in [-0.4, -0.2) is 24.0 Å². The molecule has 1 atom stereocenters. The van der Waals surface area contributed by atoms with Crippen molar-refractivity contribution in [1.82, 2.24) is 4.90 Å². The minimum Gasteiger partial charge on any atom is -0.468 e. The van der Waals surface area contributed by atoms with Gasteiger partial charge in [-0.3, -0.25) is 4.90 Å². The molecule has 1 saturated heterocycles. The summed E-state index contributed by atoms with van der Waals surface area (Å²) in [5, 5.41) is 0. The van der Waals surface area contributed by atoms with Gasteiger partial charge in [0.05, 0.1) is 12.8 Å². The van der Waals surface area contributed by atoms with E-state index in [1.807, 2.05) is 12.1 Å². The van der Waals surface area contributed by atoms with Gasteiger partial charge in [-0.25, -0.2) is 0 Å². The summed E-state index contributed by atoms with van der Waals surface area (Å²) >= 11 is 0. The molecule has 1 aromatic heterocycles. The first-order chi connectivity index (χ1) is 6.40. The van der Waals surface area contributed by atoms with Crippen LogP contribution in [0.3, 0.4) is 0 Å². The van der Waals surface area contributed by atoms with Gasteiger partial charge in [0.2, 0.25) is 0 Å². The third-order valence-electron chi connectivity index (χ3n) is 2.71. The quantitative estimate of drug-likeness (QED) is 0.760. The van der Waals surface area contributed by atoms with Crippen molar-refractivity contribution in [3.63, 3.8) is 0 Å². The molecule has 1 aliphatic rings. The van der Waals surface area contributed by atoms with E-state index in [0.29, 0.717) is 6.04 Å². The molecule has 1 aromatic rings. The molecule has 0 bridgehead atoms. The van der Waals surface area contributed by atoms with E-state index in [4.69, 9.17) is 10.2 Å². The van der Waals surface area contributed by atoms with Crippen LogP contribution in [0.15, 0.2) is 22.8 Å². The Morgan fingerprint density at radius 1 is 1.62 bits per heavy atom. The summed E-state index contributed by atoms with van der Waals surface area (Å²) < 4.78 is 5.31. The van der Waals surface area contributed by atoms with Crippen LogP contribution >= 0.6 is 0 Å². The molecular formula is C10H16N2O. The van der Waals surface area contributed by atoms with Crippen molar-refractivity contribution in [2.45, 2.75) is 25.4 Å². The van der Waals surface area contributed by atoms with E-state index in [0.717, 1.165) is 25.4 Å². The van der Waals surface area contributed by atoms with E-state index >= 15 is 0 Å². The molecule has 0 unspecified atom stereocenters. The van der Waals surface area contributed by atoms with E-state index in [2.05, 4.69) is 4.90 Å². The van der Waals surface area contributed by atoms with Gasteiger partial charge in [0.1, 0.15) is 5.76 Å². The number of nitrogens with two attached hydrogens (primary N) is 1. The molecule has 0 radical (unpaired) electrons. The molecule has 13 heavy (non-hydrogen) atoms. The van der Waals surface area contributed by atoms with Gasteiger partial charge in [-0.1, -0.05) is 0 Å².